The molecule has 6 heteroatoms. The highest BCUT2D eigenvalue weighted by atomic mass is 32.1. The van der Waals surface area contributed by atoms with Crippen LogP contribution in [-0.2, 0) is 4.79 Å². The van der Waals surface area contributed by atoms with Crippen LogP contribution in [0.5, 0.6) is 0 Å². The molecular weight excluding hydrogens is 336 g/mol. The van der Waals surface area contributed by atoms with Gasteiger partial charge in [0.15, 0.2) is 0 Å². The predicted octanol–water partition coefficient (Wildman–Crippen LogP) is 3.67. The Labute approximate surface area is 150 Å². The number of aliphatic carboxylic acids is 1. The van der Waals surface area contributed by atoms with Gasteiger partial charge >= 0.3 is 5.97 Å². The van der Waals surface area contributed by atoms with E-state index in [1.807, 2.05) is 30.3 Å². The summed E-state index contributed by atoms with van der Waals surface area (Å²) >= 11 is 1.42. The summed E-state index contributed by atoms with van der Waals surface area (Å²) in [5, 5.41) is 12.1. The van der Waals surface area contributed by atoms with Crippen LogP contribution in [0, 0.1) is 5.92 Å². The molecule has 1 saturated carbocycles. The van der Waals surface area contributed by atoms with Crippen molar-refractivity contribution in [3.63, 3.8) is 0 Å². The number of likely N-dealkylation sites (tertiary alicyclic amines) is 1. The Balaban J connectivity index is 1.63. The van der Waals surface area contributed by atoms with Gasteiger partial charge < -0.3 is 10.0 Å². The minimum absolute atomic E-state index is 0.0456. The van der Waals surface area contributed by atoms with Crippen molar-refractivity contribution in [3.8, 4) is 10.6 Å². The van der Waals surface area contributed by atoms with Crippen molar-refractivity contribution in [2.75, 3.05) is 0 Å². The average molecular weight is 356 g/mol. The molecule has 0 bridgehead atoms. The predicted molar refractivity (Wildman–Crippen MR) is 95.5 cm³/mol. The van der Waals surface area contributed by atoms with Crippen LogP contribution in [0.1, 0.15) is 42.6 Å². The van der Waals surface area contributed by atoms with Crippen LogP contribution in [0.15, 0.2) is 35.7 Å². The van der Waals surface area contributed by atoms with Gasteiger partial charge in [0.1, 0.15) is 16.7 Å². The van der Waals surface area contributed by atoms with Crippen LogP contribution in [0.2, 0.25) is 0 Å². The smallest absolute Gasteiger partial charge is 0.326 e. The third-order valence-electron chi connectivity index (χ3n) is 5.35. The van der Waals surface area contributed by atoms with Crippen LogP contribution in [0.4, 0.5) is 0 Å². The van der Waals surface area contributed by atoms with Gasteiger partial charge in [-0.3, -0.25) is 4.79 Å². The van der Waals surface area contributed by atoms with E-state index in [9.17, 15) is 14.7 Å². The van der Waals surface area contributed by atoms with Crippen molar-refractivity contribution in [1.29, 1.82) is 0 Å². The number of carbonyl (C=O) groups is 2. The maximum absolute atomic E-state index is 13.1. The third-order valence-corrected chi connectivity index (χ3v) is 6.24. The molecule has 1 amide bonds. The molecule has 25 heavy (non-hydrogen) atoms. The monoisotopic (exact) mass is 356 g/mol. The van der Waals surface area contributed by atoms with Gasteiger partial charge in [-0.2, -0.15) is 0 Å². The Kier molecular flexibility index (Phi) is 4.29. The maximum atomic E-state index is 13.1. The summed E-state index contributed by atoms with van der Waals surface area (Å²) in [6.45, 7) is 0. The number of rotatable bonds is 3. The van der Waals surface area contributed by atoms with Gasteiger partial charge in [0.25, 0.3) is 5.91 Å². The molecule has 3 unspecified atom stereocenters. The zero-order valence-electron chi connectivity index (χ0n) is 13.8. The molecular formula is C19H20N2O3S. The lowest BCUT2D eigenvalue weighted by molar-refractivity contribution is -0.141. The number of amides is 1. The third kappa shape index (κ3) is 2.95. The highest BCUT2D eigenvalue weighted by molar-refractivity contribution is 7.13. The molecule has 130 valence electrons. The second kappa shape index (κ2) is 6.59. The number of carboxylic acid groups (broad SMARTS) is 1. The summed E-state index contributed by atoms with van der Waals surface area (Å²) in [6.07, 6.45) is 4.68. The number of thiazole rings is 1. The first-order valence-corrected chi connectivity index (χ1v) is 9.59. The van der Waals surface area contributed by atoms with Crippen molar-refractivity contribution in [3.05, 3.63) is 41.4 Å². The summed E-state index contributed by atoms with van der Waals surface area (Å²) in [5.41, 5.74) is 1.33. The van der Waals surface area contributed by atoms with E-state index in [-0.39, 0.29) is 11.9 Å². The first-order valence-electron chi connectivity index (χ1n) is 8.71. The Hall–Kier alpha value is -2.21. The number of fused-ring (bicyclic) bond motifs is 1. The highest BCUT2D eigenvalue weighted by Crippen LogP contribution is 2.40. The summed E-state index contributed by atoms with van der Waals surface area (Å²) in [4.78, 5) is 30.9. The molecule has 1 aliphatic heterocycles. The van der Waals surface area contributed by atoms with Crippen LogP contribution in [0.25, 0.3) is 10.6 Å². The van der Waals surface area contributed by atoms with E-state index in [4.69, 9.17) is 0 Å². The van der Waals surface area contributed by atoms with Gasteiger partial charge in [-0.1, -0.05) is 43.2 Å². The van der Waals surface area contributed by atoms with E-state index in [1.165, 1.54) is 11.3 Å². The highest BCUT2D eigenvalue weighted by Gasteiger charge is 2.48. The molecule has 0 radical (unpaired) electrons. The van der Waals surface area contributed by atoms with Crippen molar-refractivity contribution in [1.82, 2.24) is 9.88 Å². The van der Waals surface area contributed by atoms with Gasteiger partial charge in [-0.25, -0.2) is 9.78 Å². The SMILES string of the molecule is O=C(O)C1CC2CCCCC2N1C(=O)c1csc(-c2ccccc2)n1. The van der Waals surface area contributed by atoms with E-state index >= 15 is 0 Å². The van der Waals surface area contributed by atoms with Gasteiger partial charge in [0.05, 0.1) is 0 Å². The molecule has 1 aromatic carbocycles. The molecule has 2 fully saturated rings. The fraction of sp³-hybridized carbons (Fsp3) is 0.421. The Bertz CT molecular complexity index is 789. The summed E-state index contributed by atoms with van der Waals surface area (Å²) in [5.74, 6) is -0.826. The van der Waals surface area contributed by atoms with E-state index in [2.05, 4.69) is 4.98 Å². The lowest BCUT2D eigenvalue weighted by Crippen LogP contribution is -2.46. The molecule has 0 spiro atoms. The maximum Gasteiger partial charge on any atom is 0.326 e. The minimum atomic E-state index is -0.902. The second-order valence-electron chi connectivity index (χ2n) is 6.82. The van der Waals surface area contributed by atoms with Crippen LogP contribution in [-0.4, -0.2) is 39.0 Å². The number of aromatic nitrogens is 1. The quantitative estimate of drug-likeness (QED) is 0.911. The second-order valence-corrected chi connectivity index (χ2v) is 7.68. The van der Waals surface area contributed by atoms with Crippen molar-refractivity contribution in [2.45, 2.75) is 44.2 Å². The molecule has 3 atom stereocenters. The van der Waals surface area contributed by atoms with E-state index in [0.717, 1.165) is 36.3 Å². The topological polar surface area (TPSA) is 70.5 Å². The van der Waals surface area contributed by atoms with Crippen LogP contribution < -0.4 is 0 Å². The van der Waals surface area contributed by atoms with Gasteiger partial charge in [0.2, 0.25) is 0 Å². The first kappa shape index (κ1) is 16.3. The molecule has 1 aromatic heterocycles. The van der Waals surface area contributed by atoms with Gasteiger partial charge in [-0.15, -0.1) is 11.3 Å². The molecule has 5 nitrogen and oxygen atoms in total. The van der Waals surface area contributed by atoms with Gasteiger partial charge in [0, 0.05) is 17.0 Å². The Morgan fingerprint density at radius 3 is 2.68 bits per heavy atom. The summed E-state index contributed by atoms with van der Waals surface area (Å²) < 4.78 is 0. The molecule has 1 saturated heterocycles. The molecule has 1 aliphatic carbocycles. The number of benzene rings is 1. The number of carboxylic acids is 1. The fourth-order valence-electron chi connectivity index (χ4n) is 4.19. The standard InChI is InChI=1S/C19H20N2O3S/c22-18(14-11-25-17(20-14)12-6-2-1-3-7-12)21-15-9-5-4-8-13(15)10-16(21)19(23)24/h1-3,6-7,11,13,15-16H,4-5,8-10H2,(H,23,24). The van der Waals surface area contributed by atoms with Gasteiger partial charge in [-0.05, 0) is 25.2 Å². The van der Waals surface area contributed by atoms with Crippen LogP contribution >= 0.6 is 11.3 Å². The fourth-order valence-corrected chi connectivity index (χ4v) is 4.99. The largest absolute Gasteiger partial charge is 0.480 e. The van der Waals surface area contributed by atoms with Crippen molar-refractivity contribution < 1.29 is 14.7 Å². The normalized spacial score (nSPS) is 25.6. The number of carbonyl (C=O) groups excluding carboxylic acids is 1. The lowest BCUT2D eigenvalue weighted by Gasteiger charge is -2.32. The minimum Gasteiger partial charge on any atom is -0.480 e. The van der Waals surface area contributed by atoms with Crippen molar-refractivity contribution in [2.24, 2.45) is 5.92 Å². The molecule has 2 aromatic rings. The molecule has 2 aliphatic rings. The zero-order valence-corrected chi connectivity index (χ0v) is 14.6. The number of hydrogen-bond donors (Lipinski definition) is 1. The van der Waals surface area contributed by atoms with Crippen LogP contribution in [0.3, 0.4) is 0 Å². The van der Waals surface area contributed by atoms with E-state index in [0.29, 0.717) is 18.0 Å². The van der Waals surface area contributed by atoms with Crippen molar-refractivity contribution >= 4 is 23.2 Å². The first-order chi connectivity index (χ1) is 12.1. The van der Waals surface area contributed by atoms with E-state index < -0.39 is 12.0 Å². The Morgan fingerprint density at radius 1 is 1.16 bits per heavy atom. The number of nitrogens with zero attached hydrogens (tertiary/aromatic N) is 2. The summed E-state index contributed by atoms with van der Waals surface area (Å²) in [7, 11) is 0. The Morgan fingerprint density at radius 2 is 1.92 bits per heavy atom. The average Bonchev–Trinajstić information content (AvgIpc) is 3.27. The summed E-state index contributed by atoms with van der Waals surface area (Å²) in [6, 6.07) is 9.05. The number of hydrogen-bond acceptors (Lipinski definition) is 4. The van der Waals surface area contributed by atoms with E-state index in [1.54, 1.807) is 10.3 Å². The molecule has 4 rings (SSSR count). The molecule has 1 N–H and O–H groups in total. The zero-order chi connectivity index (χ0) is 17.4. The molecule has 2 heterocycles. The lowest BCUT2D eigenvalue weighted by atomic mass is 9.84.